The molecule has 5 rings (SSSR count). The van der Waals surface area contributed by atoms with E-state index < -0.39 is 5.54 Å². The second kappa shape index (κ2) is 8.61. The Kier molecular flexibility index (Phi) is 5.61. The van der Waals surface area contributed by atoms with Crippen molar-refractivity contribution in [2.75, 3.05) is 11.5 Å². The molecule has 1 N–H and O–H groups in total. The van der Waals surface area contributed by atoms with Gasteiger partial charge in [-0.15, -0.1) is 11.3 Å². The Labute approximate surface area is 200 Å². The number of anilines is 1. The second-order valence-corrected chi connectivity index (χ2v) is 9.34. The van der Waals surface area contributed by atoms with Crippen molar-refractivity contribution in [3.05, 3.63) is 83.1 Å². The molecule has 0 saturated carbocycles. The van der Waals surface area contributed by atoms with Gasteiger partial charge in [-0.1, -0.05) is 12.1 Å². The van der Waals surface area contributed by atoms with Crippen LogP contribution in [0.3, 0.4) is 0 Å². The Bertz CT molecular complexity index is 1360. The van der Waals surface area contributed by atoms with Crippen molar-refractivity contribution in [1.82, 2.24) is 9.88 Å². The van der Waals surface area contributed by atoms with E-state index >= 15 is 0 Å². The minimum atomic E-state index is -1.19. The molecule has 2 aromatic carbocycles. The van der Waals surface area contributed by atoms with E-state index in [4.69, 9.17) is 4.74 Å². The van der Waals surface area contributed by atoms with Gasteiger partial charge in [-0.3, -0.25) is 14.5 Å². The van der Waals surface area contributed by atoms with Crippen molar-refractivity contribution >= 4 is 39.1 Å². The lowest BCUT2D eigenvalue weighted by Crippen LogP contribution is -2.64. The van der Waals surface area contributed by atoms with Gasteiger partial charge in [0.05, 0.1) is 13.2 Å². The molecule has 1 aliphatic rings. The van der Waals surface area contributed by atoms with Crippen LogP contribution in [0.5, 0.6) is 5.75 Å². The Morgan fingerprint density at radius 2 is 1.88 bits per heavy atom. The van der Waals surface area contributed by atoms with E-state index in [1.165, 1.54) is 12.1 Å². The predicted octanol–water partition coefficient (Wildman–Crippen LogP) is 4.98. The van der Waals surface area contributed by atoms with E-state index in [2.05, 4.69) is 5.32 Å². The molecule has 0 radical (unpaired) electrons. The van der Waals surface area contributed by atoms with Gasteiger partial charge >= 0.3 is 0 Å². The maximum absolute atomic E-state index is 13.8. The number of aromatic nitrogens is 1. The fourth-order valence-electron chi connectivity index (χ4n) is 4.44. The molecular weight excluding hydrogens is 453 g/mol. The number of thiophene rings is 1. The number of amides is 2. The SMILES string of the molecule is CCOc1ccc(N2C(=O)c3cc4ccsc4n3C[C@]2(C)C(=O)NCc2ccc(F)cc2)cc1. The van der Waals surface area contributed by atoms with Crippen LogP contribution in [-0.2, 0) is 17.9 Å². The standard InChI is InChI=1S/C26H24FN3O3S/c1-3-33-21-10-8-20(9-11-21)30-23(31)22-14-18-12-13-34-24(18)29(22)16-26(30,2)25(32)28-15-17-4-6-19(27)7-5-17/h4-14H,3,15-16H2,1-2H3,(H,28,32)/t26-/m1/s1. The van der Waals surface area contributed by atoms with Gasteiger partial charge in [-0.05, 0) is 73.3 Å². The first-order valence-electron chi connectivity index (χ1n) is 11.1. The Morgan fingerprint density at radius 1 is 1.15 bits per heavy atom. The molecule has 1 atom stereocenters. The molecule has 0 bridgehead atoms. The number of halogens is 1. The fraction of sp³-hybridized carbons (Fsp3) is 0.231. The van der Waals surface area contributed by atoms with Crippen LogP contribution in [-0.4, -0.2) is 28.5 Å². The van der Waals surface area contributed by atoms with Crippen molar-refractivity contribution in [3.8, 4) is 5.75 Å². The van der Waals surface area contributed by atoms with Crippen LogP contribution in [0.2, 0.25) is 0 Å². The maximum atomic E-state index is 13.8. The summed E-state index contributed by atoms with van der Waals surface area (Å²) in [6.45, 7) is 4.76. The topological polar surface area (TPSA) is 63.6 Å². The number of hydrogen-bond donors (Lipinski definition) is 1. The molecule has 0 spiro atoms. The van der Waals surface area contributed by atoms with Crippen molar-refractivity contribution in [1.29, 1.82) is 0 Å². The lowest BCUT2D eigenvalue weighted by molar-refractivity contribution is -0.126. The first-order chi connectivity index (χ1) is 16.4. The first-order valence-corrected chi connectivity index (χ1v) is 12.0. The lowest BCUT2D eigenvalue weighted by atomic mass is 9.93. The van der Waals surface area contributed by atoms with Crippen molar-refractivity contribution in [2.45, 2.75) is 32.5 Å². The van der Waals surface area contributed by atoms with Crippen LogP contribution in [0, 0.1) is 5.82 Å². The molecule has 34 heavy (non-hydrogen) atoms. The third-order valence-corrected chi connectivity index (χ3v) is 7.10. The zero-order chi connectivity index (χ0) is 23.9. The zero-order valence-corrected chi connectivity index (χ0v) is 19.7. The Morgan fingerprint density at radius 3 is 2.59 bits per heavy atom. The largest absolute Gasteiger partial charge is 0.494 e. The smallest absolute Gasteiger partial charge is 0.275 e. The minimum absolute atomic E-state index is 0.229. The number of carbonyl (C=O) groups is 2. The van der Waals surface area contributed by atoms with Crippen LogP contribution < -0.4 is 15.0 Å². The van der Waals surface area contributed by atoms with Crippen LogP contribution in [0.25, 0.3) is 10.2 Å². The fourth-order valence-corrected chi connectivity index (χ4v) is 5.33. The number of carbonyl (C=O) groups excluding carboxylic acids is 2. The van der Waals surface area contributed by atoms with Gasteiger partial charge in [0, 0.05) is 17.6 Å². The summed E-state index contributed by atoms with van der Waals surface area (Å²) in [4.78, 5) is 30.0. The van der Waals surface area contributed by atoms with Crippen LogP contribution in [0.4, 0.5) is 10.1 Å². The summed E-state index contributed by atoms with van der Waals surface area (Å²) >= 11 is 1.55. The van der Waals surface area contributed by atoms with Gasteiger partial charge in [-0.2, -0.15) is 0 Å². The molecular formula is C26H24FN3O3S. The highest BCUT2D eigenvalue weighted by molar-refractivity contribution is 7.16. The van der Waals surface area contributed by atoms with E-state index in [1.54, 1.807) is 59.6 Å². The summed E-state index contributed by atoms with van der Waals surface area (Å²) in [5, 5.41) is 5.92. The Hall–Kier alpha value is -3.65. The molecule has 8 heteroatoms. The van der Waals surface area contributed by atoms with Gasteiger partial charge in [0.1, 0.15) is 27.6 Å². The van der Waals surface area contributed by atoms with Crippen molar-refractivity contribution in [2.24, 2.45) is 0 Å². The van der Waals surface area contributed by atoms with Crippen LogP contribution in [0.15, 0.2) is 66.0 Å². The van der Waals surface area contributed by atoms with Gasteiger partial charge < -0.3 is 14.6 Å². The number of nitrogens with zero attached hydrogens (tertiary/aromatic N) is 2. The first kappa shape index (κ1) is 22.2. The van der Waals surface area contributed by atoms with E-state index in [-0.39, 0.29) is 24.2 Å². The van der Waals surface area contributed by atoms with E-state index in [1.807, 2.05) is 29.0 Å². The molecule has 6 nitrogen and oxygen atoms in total. The highest BCUT2D eigenvalue weighted by Gasteiger charge is 2.48. The summed E-state index contributed by atoms with van der Waals surface area (Å²) in [6.07, 6.45) is 0. The van der Waals surface area contributed by atoms with E-state index in [0.717, 1.165) is 15.8 Å². The highest BCUT2D eigenvalue weighted by Crippen LogP contribution is 2.37. The molecule has 0 saturated heterocycles. The minimum Gasteiger partial charge on any atom is -0.494 e. The van der Waals surface area contributed by atoms with E-state index in [0.29, 0.717) is 30.3 Å². The van der Waals surface area contributed by atoms with Gasteiger partial charge in [-0.25, -0.2) is 4.39 Å². The van der Waals surface area contributed by atoms with Gasteiger partial charge in [0.15, 0.2) is 0 Å². The molecule has 0 fully saturated rings. The number of rotatable bonds is 6. The quantitative estimate of drug-likeness (QED) is 0.426. The molecule has 174 valence electrons. The normalized spacial score (nSPS) is 17.6. The number of ether oxygens (including phenoxy) is 1. The maximum Gasteiger partial charge on any atom is 0.275 e. The Balaban J connectivity index is 1.53. The molecule has 2 aromatic heterocycles. The van der Waals surface area contributed by atoms with E-state index in [9.17, 15) is 14.0 Å². The number of benzene rings is 2. The summed E-state index contributed by atoms with van der Waals surface area (Å²) in [7, 11) is 0. The molecule has 1 aliphatic heterocycles. The third kappa shape index (κ3) is 3.74. The summed E-state index contributed by atoms with van der Waals surface area (Å²) in [5.41, 5.74) is 0.756. The molecule has 0 aliphatic carbocycles. The highest BCUT2D eigenvalue weighted by atomic mass is 32.1. The van der Waals surface area contributed by atoms with Crippen LogP contribution in [0.1, 0.15) is 29.9 Å². The number of hydrogen-bond acceptors (Lipinski definition) is 4. The average molecular weight is 478 g/mol. The lowest BCUT2D eigenvalue weighted by Gasteiger charge is -2.44. The van der Waals surface area contributed by atoms with Crippen molar-refractivity contribution in [3.63, 3.8) is 0 Å². The predicted molar refractivity (Wildman–Crippen MR) is 131 cm³/mol. The molecule has 0 unspecified atom stereocenters. The summed E-state index contributed by atoms with van der Waals surface area (Å²) in [5.74, 6) is -0.162. The summed E-state index contributed by atoms with van der Waals surface area (Å²) < 4.78 is 20.7. The zero-order valence-electron chi connectivity index (χ0n) is 18.9. The van der Waals surface area contributed by atoms with Gasteiger partial charge in [0.2, 0.25) is 5.91 Å². The average Bonchev–Trinajstić information content (AvgIpc) is 3.42. The molecule has 2 amide bonds. The monoisotopic (exact) mass is 477 g/mol. The molecule has 4 aromatic rings. The number of fused-ring (bicyclic) bond motifs is 3. The van der Waals surface area contributed by atoms with Crippen molar-refractivity contribution < 1.29 is 18.7 Å². The second-order valence-electron chi connectivity index (χ2n) is 8.45. The molecule has 3 heterocycles. The summed E-state index contributed by atoms with van der Waals surface area (Å²) in [6, 6.07) is 17.0. The van der Waals surface area contributed by atoms with Gasteiger partial charge in [0.25, 0.3) is 5.91 Å². The number of nitrogens with one attached hydrogen (secondary N) is 1. The van der Waals surface area contributed by atoms with Crippen LogP contribution >= 0.6 is 11.3 Å². The third-order valence-electron chi connectivity index (χ3n) is 6.15.